The predicted octanol–water partition coefficient (Wildman–Crippen LogP) is -0.726. The summed E-state index contributed by atoms with van der Waals surface area (Å²) in [6, 6.07) is 0.176. The van der Waals surface area contributed by atoms with E-state index in [1.807, 2.05) is 0 Å². The number of hydrogen-bond donors (Lipinski definition) is 2. The van der Waals surface area contributed by atoms with Crippen molar-refractivity contribution >= 4 is 5.97 Å². The number of carbonyl (C=O) groups is 1. The van der Waals surface area contributed by atoms with Gasteiger partial charge in [0.15, 0.2) is 0 Å². The molecule has 0 aliphatic carbocycles. The van der Waals surface area contributed by atoms with Crippen LogP contribution in [0.3, 0.4) is 0 Å². The minimum absolute atomic E-state index is 0.138. The largest absolute Gasteiger partial charge is 0.391 e. The quantitative estimate of drug-likeness (QED) is 0.532. The lowest BCUT2D eigenvalue weighted by molar-refractivity contribution is -0.133. The molecule has 54 valence electrons. The van der Waals surface area contributed by atoms with Gasteiger partial charge in [-0.2, -0.15) is 0 Å². The first kappa shape index (κ1) is 6.76. The summed E-state index contributed by atoms with van der Waals surface area (Å²) in [6.07, 6.45) is 3.04. The Morgan fingerprint density at radius 1 is 1.90 bits per heavy atom. The molecule has 0 aromatic carbocycles. The first-order valence-corrected chi connectivity index (χ1v) is 2.73. The molecule has 10 heavy (non-hydrogen) atoms. The molecule has 0 saturated heterocycles. The van der Waals surface area contributed by atoms with Crippen LogP contribution in [0.15, 0.2) is 12.4 Å². The van der Waals surface area contributed by atoms with Crippen LogP contribution in [0.1, 0.15) is 0 Å². The lowest BCUT2D eigenvalue weighted by Gasteiger charge is -1.94. The smallest absolute Gasteiger partial charge is 0.327 e. The number of ether oxygens (including phenoxy) is 1. The molecular formula is C5H7N3O2. The van der Waals surface area contributed by atoms with Gasteiger partial charge in [-0.05, 0) is 0 Å². The van der Waals surface area contributed by atoms with Gasteiger partial charge in [0.05, 0.1) is 6.54 Å². The minimum atomic E-state index is -0.505. The fourth-order valence-electron chi connectivity index (χ4n) is 0.456. The van der Waals surface area contributed by atoms with E-state index in [0.29, 0.717) is 0 Å². The van der Waals surface area contributed by atoms with Crippen molar-refractivity contribution in [2.75, 3.05) is 6.54 Å². The van der Waals surface area contributed by atoms with Crippen LogP contribution in [0.4, 0.5) is 0 Å². The van der Waals surface area contributed by atoms with Crippen LogP contribution >= 0.6 is 0 Å². The number of aromatic nitrogens is 2. The molecule has 0 atom stereocenters. The molecule has 1 aromatic heterocycles. The van der Waals surface area contributed by atoms with Crippen LogP contribution < -0.4 is 10.5 Å². The van der Waals surface area contributed by atoms with Crippen molar-refractivity contribution in [2.45, 2.75) is 0 Å². The zero-order chi connectivity index (χ0) is 7.40. The van der Waals surface area contributed by atoms with Gasteiger partial charge >= 0.3 is 12.0 Å². The van der Waals surface area contributed by atoms with Crippen molar-refractivity contribution in [3.63, 3.8) is 0 Å². The van der Waals surface area contributed by atoms with Gasteiger partial charge in [0, 0.05) is 12.4 Å². The Hall–Kier alpha value is -1.36. The summed E-state index contributed by atoms with van der Waals surface area (Å²) in [6.45, 7) is -0.138. The van der Waals surface area contributed by atoms with Crippen molar-refractivity contribution in [3.8, 4) is 6.01 Å². The van der Waals surface area contributed by atoms with Crippen LogP contribution in [0, 0.1) is 0 Å². The van der Waals surface area contributed by atoms with Gasteiger partial charge in [-0.1, -0.05) is 0 Å². The van der Waals surface area contributed by atoms with Gasteiger partial charge in [0.2, 0.25) is 0 Å². The highest BCUT2D eigenvalue weighted by atomic mass is 16.5. The van der Waals surface area contributed by atoms with Crippen LogP contribution in [-0.4, -0.2) is 22.5 Å². The average Bonchev–Trinajstić information content (AvgIpc) is 2.40. The standard InChI is InChI=1S/C5H7N3O2/c6-3-4(9)10-5-7-1-2-8-5/h1-2H,3,6H2,(H,7,8). The molecule has 5 heteroatoms. The van der Waals surface area contributed by atoms with Crippen molar-refractivity contribution in [1.29, 1.82) is 0 Å². The lowest BCUT2D eigenvalue weighted by atomic mass is 10.7. The Kier molecular flexibility index (Phi) is 2.01. The summed E-state index contributed by atoms with van der Waals surface area (Å²) in [5.41, 5.74) is 4.97. The van der Waals surface area contributed by atoms with E-state index in [-0.39, 0.29) is 12.6 Å². The van der Waals surface area contributed by atoms with E-state index in [1.54, 1.807) is 6.20 Å². The summed E-state index contributed by atoms with van der Waals surface area (Å²) in [7, 11) is 0. The predicted molar refractivity (Wildman–Crippen MR) is 33.3 cm³/mol. The number of rotatable bonds is 2. The van der Waals surface area contributed by atoms with Gasteiger partial charge in [-0.25, -0.2) is 4.98 Å². The second kappa shape index (κ2) is 2.98. The molecular weight excluding hydrogens is 134 g/mol. The van der Waals surface area contributed by atoms with E-state index in [9.17, 15) is 4.79 Å². The normalized spacial score (nSPS) is 9.30. The fraction of sp³-hybridized carbons (Fsp3) is 0.200. The molecule has 0 bridgehead atoms. The van der Waals surface area contributed by atoms with E-state index in [4.69, 9.17) is 5.73 Å². The summed E-state index contributed by atoms with van der Waals surface area (Å²) in [4.78, 5) is 16.7. The first-order chi connectivity index (χ1) is 4.83. The van der Waals surface area contributed by atoms with Crippen molar-refractivity contribution in [3.05, 3.63) is 12.4 Å². The Labute approximate surface area is 57.2 Å². The Balaban J connectivity index is 2.48. The Morgan fingerprint density at radius 2 is 2.70 bits per heavy atom. The van der Waals surface area contributed by atoms with Crippen molar-refractivity contribution < 1.29 is 9.53 Å². The highest BCUT2D eigenvalue weighted by molar-refractivity contribution is 5.73. The summed E-state index contributed by atoms with van der Waals surface area (Å²) >= 11 is 0. The van der Waals surface area contributed by atoms with Crippen molar-refractivity contribution in [1.82, 2.24) is 9.97 Å². The topological polar surface area (TPSA) is 81.0 Å². The number of H-pyrrole nitrogens is 1. The molecule has 1 rings (SSSR count). The van der Waals surface area contributed by atoms with Gasteiger partial charge in [-0.15, -0.1) is 0 Å². The van der Waals surface area contributed by atoms with E-state index >= 15 is 0 Å². The van der Waals surface area contributed by atoms with Crippen LogP contribution in [-0.2, 0) is 4.79 Å². The number of aromatic amines is 1. The van der Waals surface area contributed by atoms with E-state index in [1.165, 1.54) is 6.20 Å². The minimum Gasteiger partial charge on any atom is -0.391 e. The molecule has 5 nitrogen and oxygen atoms in total. The maximum atomic E-state index is 10.5. The Bertz CT molecular complexity index is 207. The van der Waals surface area contributed by atoms with E-state index in [2.05, 4.69) is 14.7 Å². The third-order valence-corrected chi connectivity index (χ3v) is 0.850. The molecule has 0 amide bonds. The number of imidazole rings is 1. The fourth-order valence-corrected chi connectivity index (χ4v) is 0.456. The first-order valence-electron chi connectivity index (χ1n) is 2.73. The molecule has 1 heterocycles. The Morgan fingerprint density at radius 3 is 3.20 bits per heavy atom. The molecule has 0 saturated carbocycles. The van der Waals surface area contributed by atoms with Crippen molar-refractivity contribution in [2.24, 2.45) is 5.73 Å². The highest BCUT2D eigenvalue weighted by Crippen LogP contribution is 1.97. The van der Waals surface area contributed by atoms with E-state index in [0.717, 1.165) is 0 Å². The maximum Gasteiger partial charge on any atom is 0.327 e. The number of nitrogens with two attached hydrogens (primary N) is 1. The summed E-state index contributed by atoms with van der Waals surface area (Å²) in [5, 5.41) is 0. The number of nitrogens with one attached hydrogen (secondary N) is 1. The number of esters is 1. The van der Waals surface area contributed by atoms with Gasteiger partial charge in [-0.3, -0.25) is 4.79 Å². The third kappa shape index (κ3) is 1.56. The molecule has 1 aromatic rings. The third-order valence-electron chi connectivity index (χ3n) is 0.850. The monoisotopic (exact) mass is 141 g/mol. The number of nitrogens with zero attached hydrogens (tertiary/aromatic N) is 1. The zero-order valence-corrected chi connectivity index (χ0v) is 5.20. The van der Waals surface area contributed by atoms with Gasteiger partial charge in [0.1, 0.15) is 0 Å². The van der Waals surface area contributed by atoms with Crippen LogP contribution in [0.5, 0.6) is 6.01 Å². The highest BCUT2D eigenvalue weighted by Gasteiger charge is 2.01. The van der Waals surface area contributed by atoms with Gasteiger partial charge < -0.3 is 15.5 Å². The SMILES string of the molecule is NCC(=O)Oc1ncc[nH]1. The van der Waals surface area contributed by atoms with E-state index < -0.39 is 5.97 Å². The summed E-state index contributed by atoms with van der Waals surface area (Å²) < 4.78 is 4.57. The number of hydrogen-bond acceptors (Lipinski definition) is 4. The molecule has 0 spiro atoms. The lowest BCUT2D eigenvalue weighted by Crippen LogP contribution is -2.19. The molecule has 0 aliphatic heterocycles. The molecule has 0 aliphatic rings. The van der Waals surface area contributed by atoms with Crippen LogP contribution in [0.2, 0.25) is 0 Å². The molecule has 0 radical (unpaired) electrons. The molecule has 3 N–H and O–H groups in total. The summed E-state index contributed by atoms with van der Waals surface area (Å²) in [5.74, 6) is -0.505. The second-order valence-electron chi connectivity index (χ2n) is 1.57. The molecule has 0 fully saturated rings. The zero-order valence-electron chi connectivity index (χ0n) is 5.20. The molecule has 0 unspecified atom stereocenters. The average molecular weight is 141 g/mol. The van der Waals surface area contributed by atoms with Gasteiger partial charge in [0.25, 0.3) is 0 Å². The second-order valence-corrected chi connectivity index (χ2v) is 1.57. The maximum absolute atomic E-state index is 10.5. The van der Waals surface area contributed by atoms with Crippen LogP contribution in [0.25, 0.3) is 0 Å². The number of carbonyl (C=O) groups excluding carboxylic acids is 1.